The van der Waals surface area contributed by atoms with E-state index in [0.29, 0.717) is 17.4 Å². The van der Waals surface area contributed by atoms with Crippen molar-refractivity contribution in [2.45, 2.75) is 18.7 Å². The first-order valence-electron chi connectivity index (χ1n) is 4.44. The molecule has 0 amide bonds. The Hall–Kier alpha value is -0.350. The lowest BCUT2D eigenvalue weighted by molar-refractivity contribution is 0.664. The molecule has 0 aliphatic heterocycles. The first kappa shape index (κ1) is 11.7. The Balaban J connectivity index is 2.90. The maximum Gasteiger partial charge on any atom is 0.0543 e. The van der Waals surface area contributed by atoms with Crippen molar-refractivity contribution in [3.8, 4) is 0 Å². The van der Waals surface area contributed by atoms with Crippen LogP contribution in [0.15, 0.2) is 27.6 Å². The summed E-state index contributed by atoms with van der Waals surface area (Å²) < 4.78 is 12.7. The Morgan fingerprint density at radius 1 is 1.50 bits per heavy atom. The molecule has 0 fully saturated rings. The highest BCUT2D eigenvalue weighted by Crippen LogP contribution is 2.23. The van der Waals surface area contributed by atoms with E-state index in [4.69, 9.17) is 5.73 Å². The molecule has 78 valence electrons. The molecular weight excluding hydrogens is 262 g/mol. The highest BCUT2D eigenvalue weighted by molar-refractivity contribution is 9.10. The minimum Gasteiger partial charge on any atom is -0.399 e. The van der Waals surface area contributed by atoms with E-state index in [1.807, 2.05) is 6.07 Å². The van der Waals surface area contributed by atoms with Crippen LogP contribution in [0.1, 0.15) is 13.8 Å². The SMILES string of the molecule is CC(C)CS(=O)c1ccc(N)cc1Br. The fraction of sp³-hybridized carbons (Fsp3) is 0.400. The molecule has 0 heterocycles. The van der Waals surface area contributed by atoms with Crippen molar-refractivity contribution in [3.05, 3.63) is 22.7 Å². The maximum atomic E-state index is 11.8. The van der Waals surface area contributed by atoms with Gasteiger partial charge in [0.05, 0.1) is 15.7 Å². The third-order valence-corrected chi connectivity index (χ3v) is 4.42. The summed E-state index contributed by atoms with van der Waals surface area (Å²) in [4.78, 5) is 0.827. The van der Waals surface area contributed by atoms with Gasteiger partial charge in [-0.3, -0.25) is 4.21 Å². The van der Waals surface area contributed by atoms with Crippen molar-refractivity contribution >= 4 is 32.4 Å². The molecule has 0 saturated heterocycles. The molecule has 1 aromatic rings. The third-order valence-electron chi connectivity index (χ3n) is 1.69. The molecule has 14 heavy (non-hydrogen) atoms. The van der Waals surface area contributed by atoms with Crippen molar-refractivity contribution in [2.75, 3.05) is 11.5 Å². The third kappa shape index (κ3) is 3.10. The van der Waals surface area contributed by atoms with Crippen molar-refractivity contribution in [3.63, 3.8) is 0 Å². The number of hydrogen-bond donors (Lipinski definition) is 1. The fourth-order valence-electron chi connectivity index (χ4n) is 1.09. The van der Waals surface area contributed by atoms with Crippen molar-refractivity contribution in [1.29, 1.82) is 0 Å². The zero-order valence-electron chi connectivity index (χ0n) is 8.29. The first-order valence-corrected chi connectivity index (χ1v) is 6.55. The van der Waals surface area contributed by atoms with Gasteiger partial charge in [0.1, 0.15) is 0 Å². The normalized spacial score (nSPS) is 13.1. The van der Waals surface area contributed by atoms with E-state index in [0.717, 1.165) is 9.37 Å². The van der Waals surface area contributed by atoms with Gasteiger partial charge in [0.15, 0.2) is 0 Å². The van der Waals surface area contributed by atoms with Crippen molar-refractivity contribution in [1.82, 2.24) is 0 Å². The highest BCUT2D eigenvalue weighted by Gasteiger charge is 2.09. The summed E-state index contributed by atoms with van der Waals surface area (Å²) in [7, 11) is -0.936. The summed E-state index contributed by atoms with van der Waals surface area (Å²) in [6.45, 7) is 4.12. The average Bonchev–Trinajstić information content (AvgIpc) is 2.01. The van der Waals surface area contributed by atoms with Gasteiger partial charge in [0.25, 0.3) is 0 Å². The lowest BCUT2D eigenvalue weighted by Gasteiger charge is -2.07. The summed E-state index contributed by atoms with van der Waals surface area (Å²) in [6.07, 6.45) is 0. The smallest absolute Gasteiger partial charge is 0.0543 e. The molecule has 2 nitrogen and oxygen atoms in total. The predicted molar refractivity (Wildman–Crippen MR) is 64.7 cm³/mol. The average molecular weight is 276 g/mol. The molecule has 4 heteroatoms. The summed E-state index contributed by atoms with van der Waals surface area (Å²) in [5, 5.41) is 0. The van der Waals surface area contributed by atoms with Crippen molar-refractivity contribution < 1.29 is 4.21 Å². The molecule has 0 aromatic heterocycles. The van der Waals surface area contributed by atoms with Crippen molar-refractivity contribution in [2.24, 2.45) is 5.92 Å². The zero-order chi connectivity index (χ0) is 10.7. The highest BCUT2D eigenvalue weighted by atomic mass is 79.9. The van der Waals surface area contributed by atoms with E-state index in [9.17, 15) is 4.21 Å². The van der Waals surface area contributed by atoms with E-state index in [2.05, 4.69) is 29.8 Å². The number of anilines is 1. The second kappa shape index (κ2) is 4.94. The summed E-state index contributed by atoms with van der Waals surface area (Å²) in [5.41, 5.74) is 6.28. The molecule has 2 N–H and O–H groups in total. The minimum absolute atomic E-state index is 0.431. The molecule has 1 atom stereocenters. The van der Waals surface area contributed by atoms with Crippen LogP contribution in [-0.2, 0) is 10.8 Å². The van der Waals surface area contributed by atoms with Crippen LogP contribution >= 0.6 is 15.9 Å². The largest absolute Gasteiger partial charge is 0.399 e. The lowest BCUT2D eigenvalue weighted by Crippen LogP contribution is -2.05. The number of nitrogens with two attached hydrogens (primary N) is 1. The van der Waals surface area contributed by atoms with E-state index < -0.39 is 10.8 Å². The van der Waals surface area contributed by atoms with Gasteiger partial charge in [-0.25, -0.2) is 0 Å². The van der Waals surface area contributed by atoms with Gasteiger partial charge in [-0.05, 0) is 40.0 Å². The summed E-state index contributed by atoms with van der Waals surface area (Å²) >= 11 is 3.36. The van der Waals surface area contributed by atoms with Crippen LogP contribution in [0.3, 0.4) is 0 Å². The number of rotatable bonds is 3. The summed E-state index contributed by atoms with van der Waals surface area (Å²) in [6, 6.07) is 5.38. The van der Waals surface area contributed by atoms with Crippen LogP contribution in [0.25, 0.3) is 0 Å². The number of nitrogen functional groups attached to an aromatic ring is 1. The van der Waals surface area contributed by atoms with E-state index >= 15 is 0 Å². The minimum atomic E-state index is -0.936. The van der Waals surface area contributed by atoms with Gasteiger partial charge in [-0.2, -0.15) is 0 Å². The molecule has 1 unspecified atom stereocenters. The molecule has 0 spiro atoms. The quantitative estimate of drug-likeness (QED) is 0.863. The van der Waals surface area contributed by atoms with Gasteiger partial charge in [0.2, 0.25) is 0 Å². The zero-order valence-corrected chi connectivity index (χ0v) is 10.7. The molecule has 0 aliphatic carbocycles. The molecule has 0 radical (unpaired) electrons. The molecule has 0 aliphatic rings. The monoisotopic (exact) mass is 275 g/mol. The Morgan fingerprint density at radius 2 is 2.14 bits per heavy atom. The lowest BCUT2D eigenvalue weighted by atomic mass is 10.3. The topological polar surface area (TPSA) is 43.1 Å². The number of benzene rings is 1. The van der Waals surface area contributed by atoms with Crippen LogP contribution in [0.2, 0.25) is 0 Å². The van der Waals surface area contributed by atoms with E-state index in [-0.39, 0.29) is 0 Å². The molecule has 0 bridgehead atoms. The Morgan fingerprint density at radius 3 is 2.64 bits per heavy atom. The Kier molecular flexibility index (Phi) is 4.13. The molecule has 0 saturated carbocycles. The van der Waals surface area contributed by atoms with Gasteiger partial charge < -0.3 is 5.73 Å². The first-order chi connectivity index (χ1) is 6.50. The Labute approximate surface area is 95.5 Å². The molecular formula is C10H14BrNOS. The van der Waals surface area contributed by atoms with Crippen LogP contribution in [0, 0.1) is 5.92 Å². The van der Waals surface area contributed by atoms with Crippen LogP contribution in [0.4, 0.5) is 5.69 Å². The van der Waals surface area contributed by atoms with Gasteiger partial charge in [0, 0.05) is 15.9 Å². The van der Waals surface area contributed by atoms with Crippen LogP contribution < -0.4 is 5.73 Å². The van der Waals surface area contributed by atoms with E-state index in [1.54, 1.807) is 12.1 Å². The Bertz CT molecular complexity index is 352. The second-order valence-corrected chi connectivity index (χ2v) is 5.91. The molecule has 1 aromatic carbocycles. The van der Waals surface area contributed by atoms with Gasteiger partial charge in [-0.15, -0.1) is 0 Å². The second-order valence-electron chi connectivity index (χ2n) is 3.60. The van der Waals surface area contributed by atoms with Gasteiger partial charge >= 0.3 is 0 Å². The number of hydrogen-bond acceptors (Lipinski definition) is 2. The maximum absolute atomic E-state index is 11.8. The summed E-state index contributed by atoms with van der Waals surface area (Å²) in [5.74, 6) is 1.11. The van der Waals surface area contributed by atoms with Crippen LogP contribution in [-0.4, -0.2) is 9.96 Å². The van der Waals surface area contributed by atoms with Crippen LogP contribution in [0.5, 0.6) is 0 Å². The molecule has 1 rings (SSSR count). The predicted octanol–water partition coefficient (Wildman–Crippen LogP) is 2.79. The van der Waals surface area contributed by atoms with E-state index in [1.165, 1.54) is 0 Å². The van der Waals surface area contributed by atoms with Gasteiger partial charge in [-0.1, -0.05) is 13.8 Å². The fourth-order valence-corrected chi connectivity index (χ4v) is 3.31. The number of halogens is 1. The standard InChI is InChI=1S/C10H14BrNOS/c1-7(2)6-14(13)10-4-3-8(12)5-9(10)11/h3-5,7H,6,12H2,1-2H3.